The molecule has 14 heteroatoms. The maximum absolute atomic E-state index is 12.4. The quantitative estimate of drug-likeness (QED) is 0.107. The average molecular weight is 572 g/mol. The van der Waals surface area contributed by atoms with E-state index in [0.717, 1.165) is 23.8 Å². The number of carbonyl (C=O) groups is 2. The van der Waals surface area contributed by atoms with E-state index in [1.807, 2.05) is 32.8 Å². The van der Waals surface area contributed by atoms with E-state index in [1.54, 1.807) is 13.0 Å². The largest absolute Gasteiger partial charge is 0.573 e. The third-order valence-electron chi connectivity index (χ3n) is 3.40. The fourth-order valence-electron chi connectivity index (χ4n) is 1.89. The van der Waals surface area contributed by atoms with Crippen LogP contribution in [-0.2, 0) is 20.5 Å². The Morgan fingerprint density at radius 2 is 1.53 bits per heavy atom. The number of hydrogen-bond acceptors (Lipinski definition) is 5. The van der Waals surface area contributed by atoms with Crippen molar-refractivity contribution in [1.29, 1.82) is 5.41 Å². The van der Waals surface area contributed by atoms with Crippen molar-refractivity contribution in [2.24, 2.45) is 10.7 Å². The number of aryl methyl sites for hydroxylation is 1. The second-order valence-corrected chi connectivity index (χ2v) is 6.11. The van der Waals surface area contributed by atoms with Gasteiger partial charge in [-0.05, 0) is 56.7 Å². The molecule has 2 aromatic rings. The first-order valence-electron chi connectivity index (χ1n) is 10.0. The Morgan fingerprint density at radius 1 is 1.00 bits per heavy atom. The van der Waals surface area contributed by atoms with Crippen molar-refractivity contribution < 1.29 is 45.4 Å². The number of aliphatic imine (C=N–C) groups is 1. The molecule has 0 heterocycles. The van der Waals surface area contributed by atoms with Gasteiger partial charge in [-0.25, -0.2) is 0 Å². The van der Waals surface area contributed by atoms with Gasteiger partial charge in [0.15, 0.2) is 0 Å². The Bertz CT molecular complexity index is 1010. The number of halogens is 7. The Labute approximate surface area is 221 Å². The van der Waals surface area contributed by atoms with E-state index in [1.165, 1.54) is 30.6 Å². The summed E-state index contributed by atoms with van der Waals surface area (Å²) in [6.07, 6.45) is -3.55. The number of ether oxygens (including phenoxy) is 2. The molecule has 0 aliphatic carbocycles. The van der Waals surface area contributed by atoms with Crippen LogP contribution in [0.5, 0.6) is 5.75 Å². The molecule has 7 nitrogen and oxygen atoms in total. The molecule has 0 saturated carbocycles. The number of nitrogens with zero attached hydrogens (tertiary/aromatic N) is 1. The number of alkyl halides is 7. The van der Waals surface area contributed by atoms with Gasteiger partial charge in [-0.3, -0.25) is 10.2 Å². The first-order chi connectivity index (χ1) is 17.7. The molecule has 2 aromatic carbocycles. The monoisotopic (exact) mass is 571 g/mol. The van der Waals surface area contributed by atoms with Gasteiger partial charge in [0.1, 0.15) is 12.5 Å². The molecular formula is C24H28ClF6N3O4. The van der Waals surface area contributed by atoms with E-state index >= 15 is 0 Å². The predicted molar refractivity (Wildman–Crippen MR) is 134 cm³/mol. The molecule has 0 spiro atoms. The summed E-state index contributed by atoms with van der Waals surface area (Å²) in [5.41, 5.74) is 4.76. The molecule has 3 N–H and O–H groups in total. The SMILES string of the molecule is C/C=C\C.C=O.CCl.Cc1cccc(OC(F)(F)F)c1.N=C(OC(N)=NC=O)c1cccc(C(F)(F)F)c1. The summed E-state index contributed by atoms with van der Waals surface area (Å²) in [6, 6.07) is 9.14. The Kier molecular flexibility index (Phi) is 21.6. The van der Waals surface area contributed by atoms with Gasteiger partial charge in [-0.15, -0.1) is 24.8 Å². The first kappa shape index (κ1) is 38.7. The van der Waals surface area contributed by atoms with Crippen LogP contribution in [-0.4, -0.2) is 37.9 Å². The van der Waals surface area contributed by atoms with E-state index in [-0.39, 0.29) is 17.7 Å². The summed E-state index contributed by atoms with van der Waals surface area (Å²) < 4.78 is 80.4. The van der Waals surface area contributed by atoms with Gasteiger partial charge in [-0.1, -0.05) is 30.4 Å². The van der Waals surface area contributed by atoms with Crippen LogP contribution in [0.25, 0.3) is 0 Å². The van der Waals surface area contributed by atoms with Gasteiger partial charge in [-0.2, -0.15) is 18.2 Å². The lowest BCUT2D eigenvalue weighted by atomic mass is 10.1. The van der Waals surface area contributed by atoms with Crippen LogP contribution in [0.3, 0.4) is 0 Å². The van der Waals surface area contributed by atoms with E-state index in [0.29, 0.717) is 0 Å². The van der Waals surface area contributed by atoms with Crippen molar-refractivity contribution >= 4 is 36.7 Å². The Balaban J connectivity index is -0.000000527. The number of benzene rings is 2. The van der Waals surface area contributed by atoms with Crippen molar-refractivity contribution in [2.45, 2.75) is 33.3 Å². The van der Waals surface area contributed by atoms with Gasteiger partial charge < -0.3 is 20.0 Å². The minimum absolute atomic E-state index is 0.0920. The molecule has 0 aliphatic rings. The number of hydrogen-bond donors (Lipinski definition) is 2. The van der Waals surface area contributed by atoms with Gasteiger partial charge in [0.25, 0.3) is 6.02 Å². The number of nitrogens with one attached hydrogen (secondary N) is 1. The molecule has 1 amide bonds. The zero-order chi connectivity index (χ0) is 30.4. The molecule has 0 fully saturated rings. The van der Waals surface area contributed by atoms with Crippen molar-refractivity contribution in [3.05, 3.63) is 77.4 Å². The van der Waals surface area contributed by atoms with E-state index in [9.17, 15) is 31.1 Å². The number of amides is 1. The molecule has 0 atom stereocenters. The smallest absolute Gasteiger partial charge is 0.407 e. The lowest BCUT2D eigenvalue weighted by molar-refractivity contribution is -0.274. The highest BCUT2D eigenvalue weighted by molar-refractivity contribution is 6.15. The molecule has 0 bridgehead atoms. The highest BCUT2D eigenvalue weighted by atomic mass is 35.5. The third kappa shape index (κ3) is 20.3. The van der Waals surface area contributed by atoms with E-state index in [4.69, 9.17) is 15.9 Å². The molecule has 0 unspecified atom stereocenters. The number of amidine groups is 1. The molecule has 0 radical (unpaired) electrons. The van der Waals surface area contributed by atoms with Gasteiger partial charge >= 0.3 is 12.5 Å². The number of rotatable bonds is 3. The lowest BCUT2D eigenvalue weighted by Crippen LogP contribution is -2.21. The highest BCUT2D eigenvalue weighted by Crippen LogP contribution is 2.29. The fraction of sp³-hybridized carbons (Fsp3) is 0.250. The van der Waals surface area contributed by atoms with Crippen LogP contribution >= 0.6 is 11.6 Å². The van der Waals surface area contributed by atoms with Crippen LogP contribution in [0.15, 0.2) is 65.7 Å². The molecule has 0 saturated heterocycles. The van der Waals surface area contributed by atoms with E-state index in [2.05, 4.69) is 26.1 Å². The first-order valence-corrected chi connectivity index (χ1v) is 10.8. The third-order valence-corrected chi connectivity index (χ3v) is 3.40. The number of allylic oxidation sites excluding steroid dienone is 2. The second-order valence-electron chi connectivity index (χ2n) is 6.11. The summed E-state index contributed by atoms with van der Waals surface area (Å²) in [7, 11) is 0. The zero-order valence-electron chi connectivity index (χ0n) is 20.9. The summed E-state index contributed by atoms with van der Waals surface area (Å²) in [6.45, 7) is 7.70. The summed E-state index contributed by atoms with van der Waals surface area (Å²) in [4.78, 5) is 20.9. The zero-order valence-corrected chi connectivity index (χ0v) is 21.6. The number of nitrogens with two attached hydrogens (primary N) is 1. The second kappa shape index (κ2) is 21.2. The van der Waals surface area contributed by atoms with Crippen LogP contribution in [0.1, 0.15) is 30.5 Å². The Hall–Kier alpha value is -3.87. The molecule has 0 aromatic heterocycles. The topological polar surface area (TPSA) is 115 Å². The predicted octanol–water partition coefficient (Wildman–Crippen LogP) is 6.66. The van der Waals surface area contributed by atoms with Crippen molar-refractivity contribution in [2.75, 3.05) is 6.38 Å². The van der Waals surface area contributed by atoms with Crippen molar-refractivity contribution in [3.63, 3.8) is 0 Å². The highest BCUT2D eigenvalue weighted by Gasteiger charge is 2.31. The summed E-state index contributed by atoms with van der Waals surface area (Å²) in [5, 5.41) is 7.37. The molecule has 2 rings (SSSR count). The molecule has 212 valence electrons. The minimum atomic E-state index is -4.60. The molecular weight excluding hydrogens is 544 g/mol. The Morgan fingerprint density at radius 3 is 1.95 bits per heavy atom. The summed E-state index contributed by atoms with van der Waals surface area (Å²) >= 11 is 4.64. The standard InChI is InChI=1S/C10H8F3N3O2.C8H7F3O.C4H8.CH3Cl.CH2O/c11-10(12,13)7-3-1-2-6(4-7)8(14)18-9(15)16-5-17;1-6-3-2-4-7(5-6)12-8(9,10)11;1-3-4-2;2*1-2/h1-5,14H,(H2,15,16,17);2-5H,1H3;3-4H,1-2H3;1H3;1H2/b;;4-3-;;. The number of carbonyl (C=O) groups excluding carboxylic acids is 2. The van der Waals surface area contributed by atoms with Gasteiger partial charge in [0.05, 0.1) is 5.56 Å². The normalized spacial score (nSPS) is 10.6. The van der Waals surface area contributed by atoms with E-state index < -0.39 is 30.0 Å². The maximum atomic E-state index is 12.4. The van der Waals surface area contributed by atoms with Gasteiger partial charge in [0, 0.05) is 11.9 Å². The minimum Gasteiger partial charge on any atom is -0.407 e. The molecule has 0 aliphatic heterocycles. The summed E-state index contributed by atoms with van der Waals surface area (Å²) in [5.74, 6) is -0.813. The van der Waals surface area contributed by atoms with Crippen molar-refractivity contribution in [1.82, 2.24) is 0 Å². The molecule has 38 heavy (non-hydrogen) atoms. The van der Waals surface area contributed by atoms with Crippen LogP contribution < -0.4 is 10.5 Å². The fourth-order valence-corrected chi connectivity index (χ4v) is 1.89. The van der Waals surface area contributed by atoms with Crippen LogP contribution in [0.2, 0.25) is 0 Å². The van der Waals surface area contributed by atoms with Gasteiger partial charge in [0.2, 0.25) is 12.3 Å². The lowest BCUT2D eigenvalue weighted by Gasteiger charge is -2.09. The van der Waals surface area contributed by atoms with Crippen LogP contribution in [0.4, 0.5) is 26.3 Å². The van der Waals surface area contributed by atoms with Crippen LogP contribution in [0, 0.1) is 12.3 Å². The van der Waals surface area contributed by atoms with Crippen molar-refractivity contribution in [3.8, 4) is 5.75 Å². The maximum Gasteiger partial charge on any atom is 0.573 e. The average Bonchev–Trinajstić information content (AvgIpc) is 2.86.